The number of carbonyl (C=O) groups excluding carboxylic acids is 1. The van der Waals surface area contributed by atoms with Crippen molar-refractivity contribution in [3.05, 3.63) is 65.4 Å². The second-order valence-electron chi connectivity index (χ2n) is 6.51. The molecule has 0 saturated carbocycles. The summed E-state index contributed by atoms with van der Waals surface area (Å²) in [5.41, 5.74) is 0.0377. The van der Waals surface area contributed by atoms with Gasteiger partial charge in [0.2, 0.25) is 0 Å². The van der Waals surface area contributed by atoms with Gasteiger partial charge in [-0.1, -0.05) is 11.2 Å². The van der Waals surface area contributed by atoms with Crippen molar-refractivity contribution in [2.75, 3.05) is 13.1 Å². The molecule has 1 fully saturated rings. The maximum Gasteiger partial charge on any atom is 0.276 e. The van der Waals surface area contributed by atoms with Crippen molar-refractivity contribution < 1.29 is 22.5 Å². The Balaban J connectivity index is 1.52. The Labute approximate surface area is 158 Å². The van der Waals surface area contributed by atoms with E-state index in [-0.39, 0.29) is 23.9 Å². The Morgan fingerprint density at radius 3 is 2.82 bits per heavy atom. The highest BCUT2D eigenvalue weighted by atomic mass is 19.2. The third-order valence-corrected chi connectivity index (χ3v) is 4.64. The summed E-state index contributed by atoms with van der Waals surface area (Å²) in [4.78, 5) is 22.3. The first-order chi connectivity index (χ1) is 13.5. The maximum absolute atomic E-state index is 14.0. The smallest absolute Gasteiger partial charge is 0.276 e. The van der Waals surface area contributed by atoms with Crippen LogP contribution in [0.15, 0.2) is 41.1 Å². The zero-order valence-corrected chi connectivity index (χ0v) is 14.6. The van der Waals surface area contributed by atoms with E-state index in [1.807, 2.05) is 0 Å². The van der Waals surface area contributed by atoms with Gasteiger partial charge in [-0.2, -0.15) is 4.98 Å². The lowest BCUT2D eigenvalue weighted by atomic mass is 9.96. The van der Waals surface area contributed by atoms with Crippen molar-refractivity contribution in [2.45, 2.75) is 18.8 Å². The van der Waals surface area contributed by atoms with Crippen LogP contribution < -0.4 is 0 Å². The third-order valence-electron chi connectivity index (χ3n) is 4.64. The molecule has 1 aromatic carbocycles. The topological polar surface area (TPSA) is 72.1 Å². The summed E-state index contributed by atoms with van der Waals surface area (Å²) in [6.45, 7) is 0.681. The predicted octanol–water partition coefficient (Wildman–Crippen LogP) is 3.57. The van der Waals surface area contributed by atoms with Crippen molar-refractivity contribution in [3.63, 3.8) is 0 Å². The second kappa shape index (κ2) is 7.41. The van der Waals surface area contributed by atoms with Crippen LogP contribution in [0.1, 0.15) is 34.9 Å². The molecule has 2 aromatic heterocycles. The summed E-state index contributed by atoms with van der Waals surface area (Å²) in [6.07, 6.45) is 2.42. The van der Waals surface area contributed by atoms with Gasteiger partial charge in [0, 0.05) is 19.0 Å². The first-order valence-corrected chi connectivity index (χ1v) is 8.72. The summed E-state index contributed by atoms with van der Waals surface area (Å²) < 4.78 is 45.6. The van der Waals surface area contributed by atoms with E-state index in [9.17, 15) is 18.0 Å². The third kappa shape index (κ3) is 3.47. The van der Waals surface area contributed by atoms with Crippen LogP contribution in [0.4, 0.5) is 13.2 Å². The summed E-state index contributed by atoms with van der Waals surface area (Å²) in [5.74, 6) is -2.95. The van der Waals surface area contributed by atoms with Crippen molar-refractivity contribution in [3.8, 4) is 11.6 Å². The first kappa shape index (κ1) is 18.1. The number of nitrogens with zero attached hydrogens (tertiary/aromatic N) is 4. The standard InChI is InChI=1S/C19H15F3N4O2/c20-12-6-7-15(23-9-12)18-24-17(25-28-18)11-3-2-8-26(10-11)19(27)13-4-1-5-14(21)16(13)22/h1,4-7,9,11H,2-3,8,10H2. The van der Waals surface area contributed by atoms with Crippen LogP contribution in [0.3, 0.4) is 0 Å². The highest BCUT2D eigenvalue weighted by Crippen LogP contribution is 2.28. The van der Waals surface area contributed by atoms with Crippen molar-refractivity contribution in [1.29, 1.82) is 0 Å². The number of likely N-dealkylation sites (tertiary alicyclic amines) is 1. The minimum Gasteiger partial charge on any atom is -0.338 e. The van der Waals surface area contributed by atoms with E-state index in [0.29, 0.717) is 30.9 Å². The molecule has 0 N–H and O–H groups in total. The van der Waals surface area contributed by atoms with Crippen LogP contribution in [-0.4, -0.2) is 39.0 Å². The molecule has 144 valence electrons. The molecule has 28 heavy (non-hydrogen) atoms. The fourth-order valence-electron chi connectivity index (χ4n) is 3.22. The van der Waals surface area contributed by atoms with Gasteiger partial charge >= 0.3 is 0 Å². The Hall–Kier alpha value is -3.23. The van der Waals surface area contributed by atoms with Crippen molar-refractivity contribution in [1.82, 2.24) is 20.0 Å². The van der Waals surface area contributed by atoms with E-state index in [2.05, 4.69) is 15.1 Å². The van der Waals surface area contributed by atoms with Crippen LogP contribution in [-0.2, 0) is 0 Å². The number of piperidine rings is 1. The minimum atomic E-state index is -1.15. The monoisotopic (exact) mass is 388 g/mol. The Morgan fingerprint density at radius 2 is 2.04 bits per heavy atom. The molecule has 0 spiro atoms. The number of halogens is 3. The lowest BCUT2D eigenvalue weighted by Gasteiger charge is -2.31. The molecule has 1 aliphatic heterocycles. The summed E-state index contributed by atoms with van der Waals surface area (Å²) in [7, 11) is 0. The molecule has 9 heteroatoms. The maximum atomic E-state index is 14.0. The average molecular weight is 388 g/mol. The van der Waals surface area contributed by atoms with Crippen LogP contribution in [0.2, 0.25) is 0 Å². The Kier molecular flexibility index (Phi) is 4.81. The molecule has 1 unspecified atom stereocenters. The fourth-order valence-corrected chi connectivity index (χ4v) is 3.22. The molecule has 0 bridgehead atoms. The van der Waals surface area contributed by atoms with Crippen LogP contribution in [0, 0.1) is 17.5 Å². The van der Waals surface area contributed by atoms with E-state index in [0.717, 1.165) is 12.3 Å². The van der Waals surface area contributed by atoms with Crippen LogP contribution in [0.5, 0.6) is 0 Å². The van der Waals surface area contributed by atoms with Gasteiger partial charge in [0.05, 0.1) is 11.8 Å². The molecule has 6 nitrogen and oxygen atoms in total. The molecule has 0 radical (unpaired) electrons. The molecular formula is C19H15F3N4O2. The molecule has 1 aliphatic rings. The van der Waals surface area contributed by atoms with Crippen molar-refractivity contribution >= 4 is 5.91 Å². The lowest BCUT2D eigenvalue weighted by Crippen LogP contribution is -2.39. The Morgan fingerprint density at radius 1 is 1.18 bits per heavy atom. The van der Waals surface area contributed by atoms with Gasteiger partial charge in [-0.05, 0) is 37.1 Å². The van der Waals surface area contributed by atoms with Gasteiger partial charge < -0.3 is 9.42 Å². The van der Waals surface area contributed by atoms with Gasteiger partial charge in [0.25, 0.3) is 11.8 Å². The lowest BCUT2D eigenvalue weighted by molar-refractivity contribution is 0.0697. The number of amides is 1. The fraction of sp³-hybridized carbons (Fsp3) is 0.263. The first-order valence-electron chi connectivity index (χ1n) is 8.72. The van der Waals surface area contributed by atoms with Crippen molar-refractivity contribution in [2.24, 2.45) is 0 Å². The molecule has 3 aromatic rings. The Bertz CT molecular complexity index is 1010. The molecule has 1 atom stereocenters. The molecule has 0 aliphatic carbocycles. The van der Waals surface area contributed by atoms with E-state index in [4.69, 9.17) is 4.52 Å². The number of carbonyl (C=O) groups is 1. The molecule has 4 rings (SSSR count). The summed E-state index contributed by atoms with van der Waals surface area (Å²) in [5, 5.41) is 3.94. The number of hydrogen-bond donors (Lipinski definition) is 0. The van der Waals surface area contributed by atoms with Gasteiger partial charge in [0.15, 0.2) is 17.5 Å². The minimum absolute atomic E-state index is 0.148. The zero-order chi connectivity index (χ0) is 19.7. The highest BCUT2D eigenvalue weighted by Gasteiger charge is 2.30. The number of hydrogen-bond acceptors (Lipinski definition) is 5. The SMILES string of the molecule is O=C(c1cccc(F)c1F)N1CCCC(c2noc(-c3ccc(F)cn3)n2)C1. The normalized spacial score (nSPS) is 17.0. The van der Waals surface area contributed by atoms with E-state index in [1.54, 1.807) is 0 Å². The van der Waals surface area contributed by atoms with E-state index >= 15 is 0 Å². The zero-order valence-electron chi connectivity index (χ0n) is 14.6. The number of benzene rings is 1. The van der Waals surface area contributed by atoms with E-state index < -0.39 is 23.4 Å². The second-order valence-corrected chi connectivity index (χ2v) is 6.51. The summed E-state index contributed by atoms with van der Waals surface area (Å²) >= 11 is 0. The van der Waals surface area contributed by atoms with Crippen LogP contribution in [0.25, 0.3) is 11.6 Å². The van der Waals surface area contributed by atoms with E-state index in [1.165, 1.54) is 29.2 Å². The quantitative estimate of drug-likeness (QED) is 0.686. The predicted molar refractivity (Wildman–Crippen MR) is 91.7 cm³/mol. The largest absolute Gasteiger partial charge is 0.338 e. The number of aromatic nitrogens is 3. The molecule has 1 saturated heterocycles. The molecule has 3 heterocycles. The van der Waals surface area contributed by atoms with Gasteiger partial charge in [-0.3, -0.25) is 4.79 Å². The average Bonchev–Trinajstić information content (AvgIpc) is 3.20. The number of rotatable bonds is 3. The van der Waals surface area contributed by atoms with Gasteiger partial charge in [-0.25, -0.2) is 18.2 Å². The van der Waals surface area contributed by atoms with Gasteiger partial charge in [-0.15, -0.1) is 0 Å². The summed E-state index contributed by atoms with van der Waals surface area (Å²) in [6, 6.07) is 6.19. The molecular weight excluding hydrogens is 373 g/mol. The highest BCUT2D eigenvalue weighted by molar-refractivity contribution is 5.94. The van der Waals surface area contributed by atoms with Crippen LogP contribution >= 0.6 is 0 Å². The van der Waals surface area contributed by atoms with Gasteiger partial charge in [0.1, 0.15) is 11.5 Å². The molecule has 1 amide bonds. The number of pyridine rings is 1.